The first kappa shape index (κ1) is 20.6. The van der Waals surface area contributed by atoms with Crippen LogP contribution in [0.25, 0.3) is 10.9 Å². The van der Waals surface area contributed by atoms with Crippen molar-refractivity contribution in [2.24, 2.45) is 11.8 Å². The number of hydrogen-bond donors (Lipinski definition) is 1. The van der Waals surface area contributed by atoms with Crippen LogP contribution in [0.1, 0.15) is 68.8 Å². The molecule has 30 heavy (non-hydrogen) atoms. The molecule has 8 nitrogen and oxygen atoms in total. The molecule has 1 aromatic heterocycles. The molecule has 2 bridgehead atoms. The minimum absolute atomic E-state index is 0.00440. The second-order valence-electron chi connectivity index (χ2n) is 8.89. The Morgan fingerprint density at radius 1 is 1.33 bits per heavy atom. The third kappa shape index (κ3) is 4.27. The van der Waals surface area contributed by atoms with Crippen LogP contribution in [-0.4, -0.2) is 32.9 Å². The molecule has 1 N–H and O–H groups in total. The van der Waals surface area contributed by atoms with Gasteiger partial charge in [0, 0.05) is 17.5 Å². The zero-order chi connectivity index (χ0) is 21.1. The summed E-state index contributed by atoms with van der Waals surface area (Å²) in [7, 11) is 0. The van der Waals surface area contributed by atoms with Gasteiger partial charge in [-0.05, 0) is 50.0 Å². The van der Waals surface area contributed by atoms with E-state index in [0.29, 0.717) is 30.5 Å². The predicted octanol–water partition coefficient (Wildman–Crippen LogP) is 4.11. The molecule has 2 saturated carbocycles. The molecule has 0 spiro atoms. The van der Waals surface area contributed by atoms with Crippen LogP contribution in [0.3, 0.4) is 0 Å². The normalized spacial score (nSPS) is 25.8. The Bertz CT molecular complexity index is 913. The van der Waals surface area contributed by atoms with Crippen LogP contribution in [0.5, 0.6) is 0 Å². The van der Waals surface area contributed by atoms with E-state index in [1.165, 1.54) is 25.7 Å². The molecule has 162 valence electrons. The van der Waals surface area contributed by atoms with Crippen molar-refractivity contribution in [2.75, 3.05) is 6.61 Å². The van der Waals surface area contributed by atoms with Gasteiger partial charge in [-0.1, -0.05) is 44.4 Å². The molecule has 1 heterocycles. The van der Waals surface area contributed by atoms with Gasteiger partial charge in [-0.15, -0.1) is 10.1 Å². The van der Waals surface area contributed by atoms with Gasteiger partial charge in [-0.2, -0.15) is 5.10 Å². The van der Waals surface area contributed by atoms with Gasteiger partial charge < -0.3 is 10.2 Å². The lowest BCUT2D eigenvalue weighted by molar-refractivity contribution is -0.757. The van der Waals surface area contributed by atoms with E-state index in [2.05, 4.69) is 22.2 Å². The van der Waals surface area contributed by atoms with Crippen LogP contribution < -0.4 is 5.32 Å². The molecule has 2 atom stereocenters. The number of nitrogens with zero attached hydrogens (tertiary/aromatic N) is 3. The number of para-hydroxylation sites is 1. The fraction of sp³-hybridized carbons (Fsp3) is 0.636. The molecule has 0 radical (unpaired) electrons. The molecule has 2 aliphatic carbocycles. The van der Waals surface area contributed by atoms with E-state index in [-0.39, 0.29) is 18.1 Å². The van der Waals surface area contributed by atoms with Crippen molar-refractivity contribution in [3.63, 3.8) is 0 Å². The zero-order valence-corrected chi connectivity index (χ0v) is 17.5. The second kappa shape index (κ2) is 8.62. The number of carbonyl (C=O) groups excluding carboxylic acids is 1. The van der Waals surface area contributed by atoms with Crippen molar-refractivity contribution >= 4 is 16.8 Å². The van der Waals surface area contributed by atoms with Gasteiger partial charge in [0.05, 0.1) is 12.1 Å². The number of hydrogen-bond acceptors (Lipinski definition) is 5. The lowest BCUT2D eigenvalue weighted by Crippen LogP contribution is -2.53. The van der Waals surface area contributed by atoms with E-state index in [4.69, 9.17) is 0 Å². The van der Waals surface area contributed by atoms with Crippen LogP contribution in [-0.2, 0) is 11.4 Å². The second-order valence-corrected chi connectivity index (χ2v) is 8.89. The largest absolute Gasteiger partial charge is 0.345 e. The Kier molecular flexibility index (Phi) is 5.92. The lowest BCUT2D eigenvalue weighted by Gasteiger charge is -2.47. The number of carbonyl (C=O) groups is 1. The fourth-order valence-electron chi connectivity index (χ4n) is 5.56. The third-order valence-electron chi connectivity index (χ3n) is 6.89. The summed E-state index contributed by atoms with van der Waals surface area (Å²) in [6.45, 7) is 2.63. The van der Waals surface area contributed by atoms with E-state index in [9.17, 15) is 14.9 Å². The summed E-state index contributed by atoms with van der Waals surface area (Å²) in [5.41, 5.74) is 1.15. The summed E-state index contributed by atoms with van der Waals surface area (Å²) in [5, 5.41) is 18.3. The fourth-order valence-corrected chi connectivity index (χ4v) is 5.56. The van der Waals surface area contributed by atoms with Gasteiger partial charge in [0.25, 0.3) is 11.0 Å². The average molecular weight is 415 g/mol. The maximum absolute atomic E-state index is 13.3. The Morgan fingerprint density at radius 3 is 2.77 bits per heavy atom. The van der Waals surface area contributed by atoms with Gasteiger partial charge in [0.2, 0.25) is 0 Å². The number of rotatable bonds is 8. The zero-order valence-electron chi connectivity index (χ0n) is 17.5. The highest BCUT2D eigenvalue weighted by Gasteiger charge is 2.42. The van der Waals surface area contributed by atoms with E-state index >= 15 is 0 Å². The number of benzene rings is 1. The average Bonchev–Trinajstić information content (AvgIpc) is 3.10. The molecule has 2 unspecified atom stereocenters. The highest BCUT2D eigenvalue weighted by Crippen LogP contribution is 2.45. The summed E-state index contributed by atoms with van der Waals surface area (Å²) in [5.74, 6) is 1.32. The first-order valence-corrected chi connectivity index (χ1v) is 11.0. The van der Waals surface area contributed by atoms with Crippen molar-refractivity contribution in [1.82, 2.24) is 15.1 Å². The Hall–Kier alpha value is -2.64. The summed E-state index contributed by atoms with van der Waals surface area (Å²) in [6.07, 6.45) is 8.67. The number of amides is 1. The highest BCUT2D eigenvalue weighted by molar-refractivity contribution is 6.05. The monoisotopic (exact) mass is 414 g/mol. The molecule has 0 aliphatic heterocycles. The number of nitrogens with one attached hydrogen (secondary N) is 1. The summed E-state index contributed by atoms with van der Waals surface area (Å²) < 4.78 is 1.75. The standard InChI is InChI=1S/C22H30N4O4/c1-2-22(14-16-7-5-8-17(13-16)15-22)23-21(27)20-18-9-3-4-10-19(18)25(24-20)11-6-12-30-26(28)29/h3-4,9-10,16-17H,2,5-8,11-15H2,1H3,(H,23,27). The van der Waals surface area contributed by atoms with Crippen molar-refractivity contribution < 1.29 is 14.7 Å². The van der Waals surface area contributed by atoms with Crippen molar-refractivity contribution in [2.45, 2.75) is 70.4 Å². The van der Waals surface area contributed by atoms with Gasteiger partial charge in [0.15, 0.2) is 5.69 Å². The van der Waals surface area contributed by atoms with Gasteiger partial charge in [-0.25, -0.2) is 0 Å². The number of aromatic nitrogens is 2. The van der Waals surface area contributed by atoms with Crippen LogP contribution in [0.2, 0.25) is 0 Å². The predicted molar refractivity (Wildman–Crippen MR) is 112 cm³/mol. The van der Waals surface area contributed by atoms with E-state index in [1.807, 2.05) is 24.3 Å². The van der Waals surface area contributed by atoms with Crippen LogP contribution in [0, 0.1) is 22.0 Å². The molecule has 1 amide bonds. The van der Waals surface area contributed by atoms with E-state index in [1.54, 1.807) is 4.68 Å². The van der Waals surface area contributed by atoms with Crippen LogP contribution in [0.4, 0.5) is 0 Å². The minimum atomic E-state index is -0.788. The topological polar surface area (TPSA) is 99.3 Å². The molecule has 2 aliphatic rings. The molecule has 1 aromatic carbocycles. The molecule has 4 rings (SSSR count). The maximum Gasteiger partial charge on any atom is 0.294 e. The SMILES string of the molecule is CCC1(NC(=O)c2nn(CCCO[N+](=O)[O-])c3ccccc23)CC2CCCC(C2)C1. The molecule has 0 saturated heterocycles. The Labute approximate surface area is 176 Å². The Balaban J connectivity index is 1.53. The summed E-state index contributed by atoms with van der Waals surface area (Å²) in [4.78, 5) is 28.1. The lowest BCUT2D eigenvalue weighted by atomic mass is 9.64. The van der Waals surface area contributed by atoms with E-state index in [0.717, 1.165) is 30.2 Å². The quantitative estimate of drug-likeness (QED) is 0.398. The highest BCUT2D eigenvalue weighted by atomic mass is 16.9. The first-order chi connectivity index (χ1) is 14.5. The molecule has 8 heteroatoms. The Morgan fingerprint density at radius 2 is 2.07 bits per heavy atom. The van der Waals surface area contributed by atoms with Gasteiger partial charge in [0.1, 0.15) is 0 Å². The number of aryl methyl sites for hydroxylation is 1. The van der Waals surface area contributed by atoms with Crippen LogP contribution in [0.15, 0.2) is 24.3 Å². The van der Waals surface area contributed by atoms with Gasteiger partial charge in [-0.3, -0.25) is 9.48 Å². The molecular weight excluding hydrogens is 384 g/mol. The minimum Gasteiger partial charge on any atom is -0.345 e. The van der Waals surface area contributed by atoms with Crippen molar-refractivity contribution in [3.05, 3.63) is 40.1 Å². The van der Waals surface area contributed by atoms with Gasteiger partial charge >= 0.3 is 0 Å². The summed E-state index contributed by atoms with van der Waals surface area (Å²) in [6, 6.07) is 7.65. The molecule has 2 aromatic rings. The summed E-state index contributed by atoms with van der Waals surface area (Å²) >= 11 is 0. The maximum atomic E-state index is 13.3. The van der Waals surface area contributed by atoms with E-state index < -0.39 is 5.09 Å². The van der Waals surface area contributed by atoms with Crippen LogP contribution >= 0.6 is 0 Å². The van der Waals surface area contributed by atoms with Crippen molar-refractivity contribution in [3.8, 4) is 0 Å². The van der Waals surface area contributed by atoms with Crippen molar-refractivity contribution in [1.29, 1.82) is 0 Å². The third-order valence-corrected chi connectivity index (χ3v) is 6.89. The number of fused-ring (bicyclic) bond motifs is 3. The molecular formula is C22H30N4O4. The first-order valence-electron chi connectivity index (χ1n) is 11.0. The smallest absolute Gasteiger partial charge is 0.294 e. The molecule has 2 fully saturated rings.